The lowest BCUT2D eigenvalue weighted by molar-refractivity contribution is 0.173. The fourth-order valence-corrected chi connectivity index (χ4v) is 5.04. The highest BCUT2D eigenvalue weighted by Gasteiger charge is 2.30. The Morgan fingerprint density at radius 2 is 1.87 bits per heavy atom. The van der Waals surface area contributed by atoms with Gasteiger partial charge in [0.25, 0.3) is 5.89 Å². The van der Waals surface area contributed by atoms with Crippen molar-refractivity contribution >= 4 is 10.0 Å². The number of sulfonamides is 1. The molecule has 0 amide bonds. The van der Waals surface area contributed by atoms with Crippen molar-refractivity contribution in [2.24, 2.45) is 0 Å². The van der Waals surface area contributed by atoms with Crippen LogP contribution in [0.15, 0.2) is 39.8 Å². The summed E-state index contributed by atoms with van der Waals surface area (Å²) in [6.45, 7) is 4.81. The minimum absolute atomic E-state index is 0.192. The van der Waals surface area contributed by atoms with E-state index in [0.29, 0.717) is 37.8 Å². The lowest BCUT2D eigenvalue weighted by Crippen LogP contribution is -2.48. The predicted octanol–water partition coefficient (Wildman–Crippen LogP) is 1.61. The molecule has 11 heteroatoms. The first kappa shape index (κ1) is 19.1. The lowest BCUT2D eigenvalue weighted by atomic mass is 10.2. The van der Waals surface area contributed by atoms with Crippen molar-refractivity contribution in [2.45, 2.75) is 18.4 Å². The number of aryl methyl sites for hydroxylation is 1. The number of aromatic amines is 1. The molecule has 0 atom stereocenters. The quantitative estimate of drug-likeness (QED) is 0.648. The molecular weight excluding hydrogens is 410 g/mol. The second-order valence-electron chi connectivity index (χ2n) is 7.24. The van der Waals surface area contributed by atoms with Crippen LogP contribution in [-0.4, -0.2) is 65.8 Å². The highest BCUT2D eigenvalue weighted by atomic mass is 32.2. The molecule has 1 N–H and O–H groups in total. The number of rotatable bonds is 5. The van der Waals surface area contributed by atoms with E-state index < -0.39 is 10.0 Å². The van der Waals surface area contributed by atoms with E-state index in [1.807, 2.05) is 18.2 Å². The number of hydrogen-bond donors (Lipinski definition) is 1. The van der Waals surface area contributed by atoms with Crippen LogP contribution in [0.25, 0.3) is 11.6 Å². The summed E-state index contributed by atoms with van der Waals surface area (Å²) in [5.74, 6) is 2.20. The zero-order valence-corrected chi connectivity index (χ0v) is 17.2. The Kier molecular flexibility index (Phi) is 4.72. The molecule has 0 radical (unpaired) electrons. The Hall–Kier alpha value is -2.89. The zero-order chi connectivity index (χ0) is 20.7. The van der Waals surface area contributed by atoms with Gasteiger partial charge in [-0.1, -0.05) is 6.07 Å². The Labute approximate surface area is 173 Å². The van der Waals surface area contributed by atoms with Gasteiger partial charge >= 0.3 is 0 Å². The molecule has 2 aromatic heterocycles. The third-order valence-electron chi connectivity index (χ3n) is 5.23. The molecule has 5 rings (SSSR count). The monoisotopic (exact) mass is 431 g/mol. The largest absolute Gasteiger partial charge is 0.454 e. The Bertz CT molecular complexity index is 1160. The molecule has 1 saturated heterocycles. The van der Waals surface area contributed by atoms with Gasteiger partial charge in [0.05, 0.1) is 0 Å². The SMILES string of the molecule is Cc1nnc(-c2cc(S(=O)(=O)N3CCN(Cc4ccc5c(c4)OCO5)CC3)c[nH]2)o1. The van der Waals surface area contributed by atoms with E-state index in [0.717, 1.165) is 23.6 Å². The van der Waals surface area contributed by atoms with E-state index >= 15 is 0 Å². The van der Waals surface area contributed by atoms with Gasteiger partial charge in [0.15, 0.2) is 11.5 Å². The first-order valence-electron chi connectivity index (χ1n) is 9.59. The molecular formula is C19H21N5O5S. The van der Waals surface area contributed by atoms with Crippen LogP contribution in [0, 0.1) is 6.92 Å². The summed E-state index contributed by atoms with van der Waals surface area (Å²) < 4.78 is 43.7. The minimum atomic E-state index is -3.60. The molecule has 0 unspecified atom stereocenters. The van der Waals surface area contributed by atoms with Gasteiger partial charge in [0.1, 0.15) is 10.6 Å². The summed E-state index contributed by atoms with van der Waals surface area (Å²) in [6, 6.07) is 7.43. The number of aromatic nitrogens is 3. The number of ether oxygens (including phenoxy) is 2. The summed E-state index contributed by atoms with van der Waals surface area (Å²) in [6.07, 6.45) is 1.46. The topological polar surface area (TPSA) is 114 Å². The van der Waals surface area contributed by atoms with E-state index in [1.165, 1.54) is 16.6 Å². The average Bonchev–Trinajstić information content (AvgIpc) is 3.48. The first-order chi connectivity index (χ1) is 14.5. The van der Waals surface area contributed by atoms with Gasteiger partial charge < -0.3 is 18.9 Å². The molecule has 2 aliphatic heterocycles. The second kappa shape index (κ2) is 7.42. The van der Waals surface area contributed by atoms with Gasteiger partial charge in [-0.2, -0.15) is 4.31 Å². The van der Waals surface area contributed by atoms with Crippen LogP contribution in [0.5, 0.6) is 11.5 Å². The summed E-state index contributed by atoms with van der Waals surface area (Å²) in [5, 5.41) is 7.68. The first-order valence-corrected chi connectivity index (χ1v) is 11.0. The molecule has 4 heterocycles. The van der Waals surface area contributed by atoms with Crippen LogP contribution in [0.1, 0.15) is 11.5 Å². The van der Waals surface area contributed by atoms with Crippen LogP contribution in [0.3, 0.4) is 0 Å². The number of nitrogens with zero attached hydrogens (tertiary/aromatic N) is 4. The maximum atomic E-state index is 13.0. The molecule has 10 nitrogen and oxygen atoms in total. The van der Waals surface area contributed by atoms with E-state index in [1.54, 1.807) is 6.92 Å². The van der Waals surface area contributed by atoms with Gasteiger partial charge in [-0.25, -0.2) is 8.42 Å². The molecule has 0 saturated carbocycles. The molecule has 3 aromatic rings. The standard InChI is InChI=1S/C19H21N5O5S/c1-13-21-22-19(29-13)16-9-15(10-20-16)30(25,26)24-6-4-23(5-7-24)11-14-2-3-17-18(8-14)28-12-27-17/h2-3,8-10,20H,4-7,11-12H2,1H3. The Morgan fingerprint density at radius 3 is 2.63 bits per heavy atom. The maximum absolute atomic E-state index is 13.0. The molecule has 30 heavy (non-hydrogen) atoms. The lowest BCUT2D eigenvalue weighted by Gasteiger charge is -2.33. The van der Waals surface area contributed by atoms with E-state index in [4.69, 9.17) is 13.9 Å². The fraction of sp³-hybridized carbons (Fsp3) is 0.368. The third kappa shape index (κ3) is 3.55. The summed E-state index contributed by atoms with van der Waals surface area (Å²) in [4.78, 5) is 5.33. The number of nitrogens with one attached hydrogen (secondary N) is 1. The number of H-pyrrole nitrogens is 1. The van der Waals surface area contributed by atoms with Crippen LogP contribution in [-0.2, 0) is 16.6 Å². The van der Waals surface area contributed by atoms with Crippen LogP contribution >= 0.6 is 0 Å². The van der Waals surface area contributed by atoms with Crippen molar-refractivity contribution < 1.29 is 22.3 Å². The van der Waals surface area contributed by atoms with Crippen molar-refractivity contribution in [3.05, 3.63) is 41.9 Å². The molecule has 1 aromatic carbocycles. The Balaban J connectivity index is 1.23. The second-order valence-corrected chi connectivity index (χ2v) is 9.18. The fourth-order valence-electron chi connectivity index (χ4n) is 3.63. The average molecular weight is 431 g/mol. The van der Waals surface area contributed by atoms with E-state index in [-0.39, 0.29) is 17.6 Å². The molecule has 2 aliphatic rings. The highest BCUT2D eigenvalue weighted by Crippen LogP contribution is 2.33. The Morgan fingerprint density at radius 1 is 1.07 bits per heavy atom. The van der Waals surface area contributed by atoms with Crippen LogP contribution < -0.4 is 9.47 Å². The predicted molar refractivity (Wildman–Crippen MR) is 105 cm³/mol. The third-order valence-corrected chi connectivity index (χ3v) is 7.10. The molecule has 158 valence electrons. The van der Waals surface area contributed by atoms with Crippen molar-refractivity contribution in [1.82, 2.24) is 24.4 Å². The maximum Gasteiger partial charge on any atom is 0.264 e. The van der Waals surface area contributed by atoms with Crippen molar-refractivity contribution in [1.29, 1.82) is 0 Å². The van der Waals surface area contributed by atoms with Crippen LogP contribution in [0.2, 0.25) is 0 Å². The van der Waals surface area contributed by atoms with Gasteiger partial charge in [-0.3, -0.25) is 4.90 Å². The van der Waals surface area contributed by atoms with Gasteiger partial charge in [-0.05, 0) is 23.8 Å². The number of fused-ring (bicyclic) bond motifs is 1. The highest BCUT2D eigenvalue weighted by molar-refractivity contribution is 7.89. The zero-order valence-electron chi connectivity index (χ0n) is 16.4. The molecule has 0 bridgehead atoms. The summed E-state index contributed by atoms with van der Waals surface area (Å²) >= 11 is 0. The van der Waals surface area contributed by atoms with Gasteiger partial charge in [-0.15, -0.1) is 10.2 Å². The van der Waals surface area contributed by atoms with Gasteiger partial charge in [0.2, 0.25) is 22.7 Å². The number of hydrogen-bond acceptors (Lipinski definition) is 8. The normalized spacial score (nSPS) is 17.5. The van der Waals surface area contributed by atoms with Crippen molar-refractivity contribution in [3.8, 4) is 23.1 Å². The summed E-state index contributed by atoms with van der Waals surface area (Å²) in [7, 11) is -3.60. The molecule has 0 spiro atoms. The molecule has 1 fully saturated rings. The van der Waals surface area contributed by atoms with E-state index in [9.17, 15) is 8.42 Å². The number of benzene rings is 1. The number of piperazine rings is 1. The summed E-state index contributed by atoms with van der Waals surface area (Å²) in [5.41, 5.74) is 1.59. The van der Waals surface area contributed by atoms with Gasteiger partial charge in [0, 0.05) is 45.8 Å². The molecule has 0 aliphatic carbocycles. The van der Waals surface area contributed by atoms with Crippen LogP contribution in [0.4, 0.5) is 0 Å². The smallest absolute Gasteiger partial charge is 0.264 e. The minimum Gasteiger partial charge on any atom is -0.454 e. The van der Waals surface area contributed by atoms with Crippen molar-refractivity contribution in [3.63, 3.8) is 0 Å². The van der Waals surface area contributed by atoms with E-state index in [2.05, 4.69) is 20.1 Å². The van der Waals surface area contributed by atoms with Crippen molar-refractivity contribution in [2.75, 3.05) is 33.0 Å².